The topological polar surface area (TPSA) is 55.4 Å². The van der Waals surface area contributed by atoms with Crippen LogP contribution >= 0.6 is 0 Å². The van der Waals surface area contributed by atoms with Gasteiger partial charge in [0.2, 0.25) is 5.91 Å². The van der Waals surface area contributed by atoms with Gasteiger partial charge in [0.15, 0.2) is 5.78 Å². The predicted octanol–water partition coefficient (Wildman–Crippen LogP) is 2.31. The first-order valence-electron chi connectivity index (χ1n) is 7.31. The van der Waals surface area contributed by atoms with E-state index in [-0.39, 0.29) is 30.3 Å². The molecule has 4 nitrogen and oxygen atoms in total. The molecule has 0 spiro atoms. The van der Waals surface area contributed by atoms with Crippen molar-refractivity contribution in [3.63, 3.8) is 0 Å². The Hall–Kier alpha value is -0.900. The second-order valence-corrected chi connectivity index (χ2v) is 6.09. The van der Waals surface area contributed by atoms with E-state index in [1.165, 1.54) is 19.8 Å². The Morgan fingerprint density at radius 2 is 1.79 bits per heavy atom. The van der Waals surface area contributed by atoms with E-state index in [2.05, 4.69) is 12.2 Å². The number of ether oxygens (including phenoxy) is 1. The normalized spacial score (nSPS) is 25.1. The van der Waals surface area contributed by atoms with Crippen LogP contribution in [0.15, 0.2) is 0 Å². The zero-order valence-corrected chi connectivity index (χ0v) is 12.6. The van der Waals surface area contributed by atoms with Crippen LogP contribution < -0.4 is 5.32 Å². The minimum absolute atomic E-state index is 0.00478. The molecule has 0 bridgehead atoms. The third-order valence-electron chi connectivity index (χ3n) is 3.83. The summed E-state index contributed by atoms with van der Waals surface area (Å²) in [5.41, 5.74) is 0. The first kappa shape index (κ1) is 16.2. The van der Waals surface area contributed by atoms with Crippen LogP contribution in [0.5, 0.6) is 0 Å². The number of carbonyl (C=O) groups is 2. The third kappa shape index (κ3) is 5.72. The monoisotopic (exact) mass is 269 g/mol. The standard InChI is InChI=1S/C15H27NO3/c1-10(2)15(12(4)17)16-14(18)9-19-13-7-5-11(3)6-8-13/h10-11,13,15H,5-9H2,1-4H3,(H,16,18). The zero-order chi connectivity index (χ0) is 14.4. The molecule has 1 unspecified atom stereocenters. The zero-order valence-electron chi connectivity index (χ0n) is 12.6. The first-order chi connectivity index (χ1) is 8.90. The van der Waals surface area contributed by atoms with Crippen molar-refractivity contribution < 1.29 is 14.3 Å². The summed E-state index contributed by atoms with van der Waals surface area (Å²) in [4.78, 5) is 23.2. The van der Waals surface area contributed by atoms with Crippen molar-refractivity contribution in [3.8, 4) is 0 Å². The number of carbonyl (C=O) groups excluding carboxylic acids is 2. The molecule has 1 aliphatic rings. The predicted molar refractivity (Wildman–Crippen MR) is 74.8 cm³/mol. The van der Waals surface area contributed by atoms with E-state index in [0.29, 0.717) is 0 Å². The van der Waals surface area contributed by atoms with Gasteiger partial charge in [-0.2, -0.15) is 0 Å². The largest absolute Gasteiger partial charge is 0.368 e. The average Bonchev–Trinajstić information content (AvgIpc) is 2.34. The van der Waals surface area contributed by atoms with Crippen LogP contribution in [-0.2, 0) is 14.3 Å². The molecule has 1 rings (SSSR count). The van der Waals surface area contributed by atoms with Gasteiger partial charge in [-0.05, 0) is 44.4 Å². The average molecular weight is 269 g/mol. The van der Waals surface area contributed by atoms with Gasteiger partial charge in [-0.3, -0.25) is 9.59 Å². The molecule has 0 saturated heterocycles. The van der Waals surface area contributed by atoms with Crippen molar-refractivity contribution >= 4 is 11.7 Å². The molecular formula is C15H27NO3. The van der Waals surface area contributed by atoms with Crippen molar-refractivity contribution in [2.24, 2.45) is 11.8 Å². The molecule has 110 valence electrons. The number of ketones is 1. The summed E-state index contributed by atoms with van der Waals surface area (Å²) in [6.07, 6.45) is 4.63. The van der Waals surface area contributed by atoms with E-state index >= 15 is 0 Å². The number of rotatable bonds is 6. The third-order valence-corrected chi connectivity index (χ3v) is 3.83. The summed E-state index contributed by atoms with van der Waals surface area (Å²) in [7, 11) is 0. The van der Waals surface area contributed by atoms with E-state index in [9.17, 15) is 9.59 Å². The van der Waals surface area contributed by atoms with Gasteiger partial charge in [-0.15, -0.1) is 0 Å². The fraction of sp³-hybridized carbons (Fsp3) is 0.867. The maximum Gasteiger partial charge on any atom is 0.246 e. The maximum absolute atomic E-state index is 11.8. The van der Waals surface area contributed by atoms with Crippen LogP contribution in [0.2, 0.25) is 0 Å². The molecule has 0 aromatic carbocycles. The van der Waals surface area contributed by atoms with E-state index in [1.807, 2.05) is 13.8 Å². The van der Waals surface area contributed by atoms with Crippen LogP contribution in [0.3, 0.4) is 0 Å². The Bertz CT molecular complexity index is 307. The fourth-order valence-corrected chi connectivity index (χ4v) is 2.54. The minimum Gasteiger partial charge on any atom is -0.368 e. The molecule has 19 heavy (non-hydrogen) atoms. The van der Waals surface area contributed by atoms with Crippen LogP contribution in [0.4, 0.5) is 0 Å². The Kier molecular flexibility index (Phi) is 6.49. The molecule has 1 fully saturated rings. The maximum atomic E-state index is 11.8. The molecule has 1 atom stereocenters. The van der Waals surface area contributed by atoms with Crippen LogP contribution in [-0.4, -0.2) is 30.4 Å². The van der Waals surface area contributed by atoms with Crippen LogP contribution in [0.1, 0.15) is 53.4 Å². The molecule has 1 saturated carbocycles. The van der Waals surface area contributed by atoms with Crippen molar-refractivity contribution in [2.45, 2.75) is 65.5 Å². The minimum atomic E-state index is -0.400. The van der Waals surface area contributed by atoms with E-state index in [4.69, 9.17) is 4.74 Å². The second kappa shape index (κ2) is 7.63. The SMILES string of the molecule is CC(=O)C(NC(=O)COC1CCC(C)CC1)C(C)C. The number of hydrogen-bond acceptors (Lipinski definition) is 3. The van der Waals surface area contributed by atoms with Gasteiger partial charge in [-0.1, -0.05) is 20.8 Å². The molecule has 1 amide bonds. The lowest BCUT2D eigenvalue weighted by molar-refractivity contribution is -0.132. The van der Waals surface area contributed by atoms with Crippen molar-refractivity contribution in [2.75, 3.05) is 6.61 Å². The summed E-state index contributed by atoms with van der Waals surface area (Å²) < 4.78 is 5.63. The summed E-state index contributed by atoms with van der Waals surface area (Å²) in [6.45, 7) is 7.68. The highest BCUT2D eigenvalue weighted by Gasteiger charge is 2.22. The van der Waals surface area contributed by atoms with Gasteiger partial charge in [0, 0.05) is 0 Å². The van der Waals surface area contributed by atoms with Crippen molar-refractivity contribution in [3.05, 3.63) is 0 Å². The van der Waals surface area contributed by atoms with E-state index < -0.39 is 6.04 Å². The molecular weight excluding hydrogens is 242 g/mol. The molecule has 0 heterocycles. The highest BCUT2D eigenvalue weighted by Crippen LogP contribution is 2.25. The summed E-state index contributed by atoms with van der Waals surface area (Å²) in [6, 6.07) is -0.400. The Labute approximate surface area is 116 Å². The molecule has 0 aromatic heterocycles. The Morgan fingerprint density at radius 3 is 2.26 bits per heavy atom. The lowest BCUT2D eigenvalue weighted by Gasteiger charge is -2.26. The molecule has 0 aromatic rings. The van der Waals surface area contributed by atoms with Crippen molar-refractivity contribution in [1.82, 2.24) is 5.32 Å². The number of nitrogens with one attached hydrogen (secondary N) is 1. The van der Waals surface area contributed by atoms with Crippen LogP contribution in [0, 0.1) is 11.8 Å². The van der Waals surface area contributed by atoms with E-state index in [1.54, 1.807) is 0 Å². The lowest BCUT2D eigenvalue weighted by atomic mass is 9.89. The fourth-order valence-electron chi connectivity index (χ4n) is 2.54. The summed E-state index contributed by atoms with van der Waals surface area (Å²) in [5, 5.41) is 2.75. The number of amides is 1. The van der Waals surface area contributed by atoms with Gasteiger partial charge in [0.05, 0.1) is 12.1 Å². The quantitative estimate of drug-likeness (QED) is 0.805. The number of hydrogen-bond donors (Lipinski definition) is 1. The summed E-state index contributed by atoms with van der Waals surface area (Å²) in [5.74, 6) is 0.691. The number of Topliss-reactive ketones (excluding diaryl/α,β-unsaturated/α-hetero) is 1. The lowest BCUT2D eigenvalue weighted by Crippen LogP contribution is -2.45. The Morgan fingerprint density at radius 1 is 1.21 bits per heavy atom. The van der Waals surface area contributed by atoms with Gasteiger partial charge < -0.3 is 10.1 Å². The van der Waals surface area contributed by atoms with Gasteiger partial charge in [-0.25, -0.2) is 0 Å². The molecule has 0 aliphatic heterocycles. The highest BCUT2D eigenvalue weighted by molar-refractivity contribution is 5.88. The molecule has 0 radical (unpaired) electrons. The van der Waals surface area contributed by atoms with E-state index in [0.717, 1.165) is 18.8 Å². The Balaban J connectivity index is 2.29. The second-order valence-electron chi connectivity index (χ2n) is 6.09. The van der Waals surface area contributed by atoms with Crippen LogP contribution in [0.25, 0.3) is 0 Å². The van der Waals surface area contributed by atoms with Gasteiger partial charge in [0.25, 0.3) is 0 Å². The van der Waals surface area contributed by atoms with Crippen molar-refractivity contribution in [1.29, 1.82) is 0 Å². The first-order valence-corrected chi connectivity index (χ1v) is 7.31. The smallest absolute Gasteiger partial charge is 0.246 e. The van der Waals surface area contributed by atoms with Gasteiger partial charge in [0.1, 0.15) is 6.61 Å². The molecule has 1 aliphatic carbocycles. The highest BCUT2D eigenvalue weighted by atomic mass is 16.5. The molecule has 1 N–H and O–H groups in total. The van der Waals surface area contributed by atoms with Gasteiger partial charge >= 0.3 is 0 Å². The molecule has 4 heteroatoms. The summed E-state index contributed by atoms with van der Waals surface area (Å²) >= 11 is 0.